The first-order chi connectivity index (χ1) is 10.4. The van der Waals surface area contributed by atoms with Gasteiger partial charge in [0.25, 0.3) is 0 Å². The quantitative estimate of drug-likeness (QED) is 0.840. The van der Waals surface area contributed by atoms with Crippen molar-refractivity contribution >= 4 is 29.2 Å². The number of pyridine rings is 1. The van der Waals surface area contributed by atoms with Crippen molar-refractivity contribution in [3.05, 3.63) is 46.4 Å². The standard InChI is InChI=1S/C14H11ClFN3O3/c1-22-14(21)12-8(15)10(17)9(16)11(19-12)6-2-4-7(5-3-6)13(18)20/h2-5H,1H3,(H2,17,19)(H2,18,20). The Morgan fingerprint density at radius 1 is 1.27 bits per heavy atom. The Hall–Kier alpha value is -2.67. The number of carbonyl (C=O) groups excluding carboxylic acids is 2. The van der Waals surface area contributed by atoms with E-state index >= 15 is 0 Å². The summed E-state index contributed by atoms with van der Waals surface area (Å²) in [5.41, 5.74) is 10.4. The summed E-state index contributed by atoms with van der Waals surface area (Å²) < 4.78 is 18.8. The number of nitrogen functional groups attached to an aromatic ring is 1. The van der Waals surface area contributed by atoms with Crippen molar-refractivity contribution in [1.82, 2.24) is 4.98 Å². The average molecular weight is 324 g/mol. The maximum atomic E-state index is 14.2. The number of amides is 1. The molecule has 114 valence electrons. The third kappa shape index (κ3) is 2.71. The molecule has 1 amide bonds. The largest absolute Gasteiger partial charge is 0.464 e. The van der Waals surface area contributed by atoms with Gasteiger partial charge in [0.1, 0.15) is 5.69 Å². The molecule has 1 heterocycles. The van der Waals surface area contributed by atoms with Crippen LogP contribution in [0.5, 0.6) is 0 Å². The van der Waals surface area contributed by atoms with Gasteiger partial charge in [0.2, 0.25) is 5.91 Å². The number of primary amides is 1. The molecular formula is C14H11ClFN3O3. The smallest absolute Gasteiger partial charge is 0.358 e. The van der Waals surface area contributed by atoms with Gasteiger partial charge in [0.15, 0.2) is 11.5 Å². The number of esters is 1. The number of hydrogen-bond donors (Lipinski definition) is 2. The van der Waals surface area contributed by atoms with Crippen LogP contribution in [0.2, 0.25) is 5.02 Å². The highest BCUT2D eigenvalue weighted by atomic mass is 35.5. The molecule has 4 N–H and O–H groups in total. The second-order valence-corrected chi connectivity index (χ2v) is 4.66. The number of carbonyl (C=O) groups is 2. The van der Waals surface area contributed by atoms with Crippen LogP contribution in [0, 0.1) is 5.82 Å². The van der Waals surface area contributed by atoms with E-state index in [4.69, 9.17) is 23.1 Å². The zero-order chi connectivity index (χ0) is 16.4. The molecule has 0 fully saturated rings. The maximum Gasteiger partial charge on any atom is 0.358 e. The van der Waals surface area contributed by atoms with Crippen molar-refractivity contribution in [3.8, 4) is 11.3 Å². The molecule has 0 aliphatic heterocycles. The van der Waals surface area contributed by atoms with Gasteiger partial charge in [-0.25, -0.2) is 14.2 Å². The van der Waals surface area contributed by atoms with Crippen molar-refractivity contribution in [2.45, 2.75) is 0 Å². The van der Waals surface area contributed by atoms with Gasteiger partial charge in [0.05, 0.1) is 17.8 Å². The molecule has 8 heteroatoms. The highest BCUT2D eigenvalue weighted by Crippen LogP contribution is 2.32. The summed E-state index contributed by atoms with van der Waals surface area (Å²) in [5, 5.41) is -0.318. The first-order valence-corrected chi connectivity index (χ1v) is 6.37. The third-order valence-corrected chi connectivity index (χ3v) is 3.32. The van der Waals surface area contributed by atoms with Gasteiger partial charge in [-0.3, -0.25) is 4.79 Å². The number of rotatable bonds is 3. The number of ether oxygens (including phenoxy) is 1. The third-order valence-electron chi connectivity index (χ3n) is 2.93. The Kier molecular flexibility index (Phi) is 4.27. The van der Waals surface area contributed by atoms with Crippen LogP contribution in [0.1, 0.15) is 20.8 Å². The summed E-state index contributed by atoms with van der Waals surface area (Å²) in [6.45, 7) is 0. The number of hydrogen-bond acceptors (Lipinski definition) is 5. The fourth-order valence-electron chi connectivity index (χ4n) is 1.78. The van der Waals surface area contributed by atoms with E-state index in [2.05, 4.69) is 9.72 Å². The maximum absolute atomic E-state index is 14.2. The van der Waals surface area contributed by atoms with Crippen molar-refractivity contribution < 1.29 is 18.7 Å². The molecule has 2 rings (SSSR count). The second-order valence-electron chi connectivity index (χ2n) is 4.28. The molecule has 6 nitrogen and oxygen atoms in total. The van der Waals surface area contributed by atoms with E-state index in [1.54, 1.807) is 0 Å². The molecule has 1 aromatic carbocycles. The highest BCUT2D eigenvalue weighted by Gasteiger charge is 2.22. The molecule has 0 saturated heterocycles. The zero-order valence-electron chi connectivity index (χ0n) is 11.4. The average Bonchev–Trinajstić information content (AvgIpc) is 2.52. The second kappa shape index (κ2) is 5.98. The Morgan fingerprint density at radius 3 is 2.36 bits per heavy atom. The molecule has 0 aliphatic carbocycles. The summed E-state index contributed by atoms with van der Waals surface area (Å²) in [5.74, 6) is -2.33. The van der Waals surface area contributed by atoms with Crippen molar-refractivity contribution in [2.24, 2.45) is 5.73 Å². The number of aromatic nitrogens is 1. The van der Waals surface area contributed by atoms with E-state index in [1.165, 1.54) is 24.3 Å². The SMILES string of the molecule is COC(=O)c1nc(-c2ccc(C(N)=O)cc2)c(F)c(N)c1Cl. The van der Waals surface area contributed by atoms with Gasteiger partial charge in [-0.15, -0.1) is 0 Å². The van der Waals surface area contributed by atoms with Crippen molar-refractivity contribution in [1.29, 1.82) is 0 Å². The lowest BCUT2D eigenvalue weighted by molar-refractivity contribution is 0.0594. The van der Waals surface area contributed by atoms with Crippen LogP contribution in [0.3, 0.4) is 0 Å². The molecule has 0 atom stereocenters. The molecule has 0 saturated carbocycles. The first-order valence-electron chi connectivity index (χ1n) is 5.99. The number of methoxy groups -OCH3 is 1. The van der Waals surface area contributed by atoms with Crippen LogP contribution in [0.4, 0.5) is 10.1 Å². The van der Waals surface area contributed by atoms with Crippen LogP contribution in [-0.4, -0.2) is 24.0 Å². The molecule has 0 radical (unpaired) electrons. The zero-order valence-corrected chi connectivity index (χ0v) is 12.1. The predicted molar refractivity (Wildman–Crippen MR) is 78.9 cm³/mol. The number of benzene rings is 1. The number of anilines is 1. The fraction of sp³-hybridized carbons (Fsp3) is 0.0714. The van der Waals surface area contributed by atoms with Gasteiger partial charge in [-0.05, 0) is 12.1 Å². The molecule has 1 aromatic heterocycles. The monoisotopic (exact) mass is 323 g/mol. The lowest BCUT2D eigenvalue weighted by Gasteiger charge is -2.10. The molecular weight excluding hydrogens is 313 g/mol. The molecule has 0 aliphatic rings. The Balaban J connectivity index is 2.62. The van der Waals surface area contributed by atoms with E-state index in [1.807, 2.05) is 0 Å². The lowest BCUT2D eigenvalue weighted by Crippen LogP contribution is -2.11. The van der Waals surface area contributed by atoms with Crippen LogP contribution in [-0.2, 0) is 4.74 Å². The molecule has 2 aromatic rings. The minimum absolute atomic E-state index is 0.182. The van der Waals surface area contributed by atoms with Crippen LogP contribution < -0.4 is 11.5 Å². The normalized spacial score (nSPS) is 10.3. The summed E-state index contributed by atoms with van der Waals surface area (Å²) in [6.07, 6.45) is 0. The molecule has 0 unspecified atom stereocenters. The summed E-state index contributed by atoms with van der Waals surface area (Å²) in [7, 11) is 1.14. The van der Waals surface area contributed by atoms with Crippen LogP contribution >= 0.6 is 11.6 Å². The van der Waals surface area contributed by atoms with E-state index in [9.17, 15) is 14.0 Å². The number of nitrogens with zero attached hydrogens (tertiary/aromatic N) is 1. The number of nitrogens with two attached hydrogens (primary N) is 2. The Morgan fingerprint density at radius 2 is 1.86 bits per heavy atom. The molecule has 0 bridgehead atoms. The van der Waals surface area contributed by atoms with E-state index in [0.29, 0.717) is 5.56 Å². The fourth-order valence-corrected chi connectivity index (χ4v) is 1.98. The van der Waals surface area contributed by atoms with Gasteiger partial charge in [-0.1, -0.05) is 23.7 Å². The van der Waals surface area contributed by atoms with E-state index in [-0.39, 0.29) is 22.0 Å². The minimum atomic E-state index is -0.871. The minimum Gasteiger partial charge on any atom is -0.464 e. The van der Waals surface area contributed by atoms with Gasteiger partial charge in [0, 0.05) is 11.1 Å². The van der Waals surface area contributed by atoms with Crippen LogP contribution in [0.25, 0.3) is 11.3 Å². The predicted octanol–water partition coefficient (Wildman–Crippen LogP) is 2.01. The van der Waals surface area contributed by atoms with Gasteiger partial charge < -0.3 is 16.2 Å². The van der Waals surface area contributed by atoms with E-state index < -0.39 is 23.4 Å². The van der Waals surface area contributed by atoms with Gasteiger partial charge in [-0.2, -0.15) is 0 Å². The Labute approximate surface area is 129 Å². The van der Waals surface area contributed by atoms with E-state index in [0.717, 1.165) is 7.11 Å². The number of halogens is 2. The highest BCUT2D eigenvalue weighted by molar-refractivity contribution is 6.35. The van der Waals surface area contributed by atoms with Crippen LogP contribution in [0.15, 0.2) is 24.3 Å². The van der Waals surface area contributed by atoms with Crippen molar-refractivity contribution in [3.63, 3.8) is 0 Å². The van der Waals surface area contributed by atoms with Crippen molar-refractivity contribution in [2.75, 3.05) is 12.8 Å². The lowest BCUT2D eigenvalue weighted by atomic mass is 10.1. The topological polar surface area (TPSA) is 108 Å². The molecule has 22 heavy (non-hydrogen) atoms. The first kappa shape index (κ1) is 15.7. The van der Waals surface area contributed by atoms with Gasteiger partial charge >= 0.3 is 5.97 Å². The Bertz CT molecular complexity index is 763. The summed E-state index contributed by atoms with van der Waals surface area (Å²) in [6, 6.07) is 5.67. The summed E-state index contributed by atoms with van der Waals surface area (Å²) >= 11 is 5.81. The molecule has 0 spiro atoms. The summed E-state index contributed by atoms with van der Waals surface area (Å²) in [4.78, 5) is 26.5.